The fourth-order valence-electron chi connectivity index (χ4n) is 3.41. The first kappa shape index (κ1) is 14.2. The Bertz CT molecular complexity index is 476. The molecule has 2 fully saturated rings. The third-order valence-electron chi connectivity index (χ3n) is 4.70. The standard InChI is InChI=1S/C17H25N3O/c1-14-7-5-6-11-20(14)17(21)18-15-10-12-19(13-15)16-8-3-2-4-9-16/h2-4,8-9,14-15H,5-7,10-13H2,1H3,(H,18,21). The van der Waals surface area contributed by atoms with Crippen LogP contribution in [0.4, 0.5) is 10.5 Å². The van der Waals surface area contributed by atoms with E-state index >= 15 is 0 Å². The van der Waals surface area contributed by atoms with Crippen LogP contribution in [0.3, 0.4) is 0 Å². The molecule has 1 aromatic rings. The Kier molecular flexibility index (Phi) is 4.32. The van der Waals surface area contributed by atoms with Crippen molar-refractivity contribution in [1.82, 2.24) is 10.2 Å². The molecule has 4 heteroatoms. The summed E-state index contributed by atoms with van der Waals surface area (Å²) in [7, 11) is 0. The molecule has 1 aromatic carbocycles. The first-order chi connectivity index (χ1) is 10.2. The zero-order valence-corrected chi connectivity index (χ0v) is 12.8. The van der Waals surface area contributed by atoms with Gasteiger partial charge in [-0.3, -0.25) is 0 Å². The number of rotatable bonds is 2. The molecular formula is C17H25N3O. The summed E-state index contributed by atoms with van der Waals surface area (Å²) in [5.41, 5.74) is 1.25. The molecule has 0 radical (unpaired) electrons. The summed E-state index contributed by atoms with van der Waals surface area (Å²) in [6.45, 7) is 4.99. The second-order valence-corrected chi connectivity index (χ2v) is 6.25. The predicted octanol–water partition coefficient (Wildman–Crippen LogP) is 2.85. The maximum Gasteiger partial charge on any atom is 0.317 e. The van der Waals surface area contributed by atoms with Gasteiger partial charge in [0.15, 0.2) is 0 Å². The van der Waals surface area contributed by atoms with Gasteiger partial charge in [-0.1, -0.05) is 18.2 Å². The number of amides is 2. The Hall–Kier alpha value is -1.71. The van der Waals surface area contributed by atoms with Crippen LogP contribution in [-0.4, -0.2) is 42.6 Å². The van der Waals surface area contributed by atoms with Crippen LogP contribution in [0, 0.1) is 0 Å². The number of nitrogens with one attached hydrogen (secondary N) is 1. The lowest BCUT2D eigenvalue weighted by atomic mass is 10.0. The summed E-state index contributed by atoms with van der Waals surface area (Å²) >= 11 is 0. The van der Waals surface area contributed by atoms with Crippen molar-refractivity contribution < 1.29 is 4.79 Å². The molecule has 0 bridgehead atoms. The molecule has 0 aromatic heterocycles. The van der Waals surface area contributed by atoms with Crippen molar-refractivity contribution in [3.63, 3.8) is 0 Å². The van der Waals surface area contributed by atoms with E-state index in [1.165, 1.54) is 12.1 Å². The van der Waals surface area contributed by atoms with Gasteiger partial charge in [-0.15, -0.1) is 0 Å². The number of carbonyl (C=O) groups is 1. The summed E-state index contributed by atoms with van der Waals surface area (Å²) < 4.78 is 0. The van der Waals surface area contributed by atoms with Crippen molar-refractivity contribution in [2.45, 2.75) is 44.7 Å². The predicted molar refractivity (Wildman–Crippen MR) is 85.6 cm³/mol. The Morgan fingerprint density at radius 2 is 1.95 bits per heavy atom. The summed E-state index contributed by atoms with van der Waals surface area (Å²) in [5, 5.41) is 3.22. The first-order valence-electron chi connectivity index (χ1n) is 8.11. The van der Waals surface area contributed by atoms with Gasteiger partial charge in [-0.25, -0.2) is 4.79 Å². The van der Waals surface area contributed by atoms with Crippen molar-refractivity contribution in [3.05, 3.63) is 30.3 Å². The maximum atomic E-state index is 12.4. The molecule has 2 amide bonds. The molecule has 0 aliphatic carbocycles. The number of likely N-dealkylation sites (tertiary alicyclic amines) is 1. The molecule has 0 spiro atoms. The maximum absolute atomic E-state index is 12.4. The lowest BCUT2D eigenvalue weighted by molar-refractivity contribution is 0.155. The van der Waals surface area contributed by atoms with Crippen LogP contribution in [-0.2, 0) is 0 Å². The summed E-state index contributed by atoms with van der Waals surface area (Å²) in [4.78, 5) is 16.8. The number of anilines is 1. The van der Waals surface area contributed by atoms with Crippen LogP contribution in [0.15, 0.2) is 30.3 Å². The van der Waals surface area contributed by atoms with Gasteiger partial charge >= 0.3 is 6.03 Å². The summed E-state index contributed by atoms with van der Waals surface area (Å²) in [6.07, 6.45) is 4.55. The monoisotopic (exact) mass is 287 g/mol. The molecule has 2 unspecified atom stereocenters. The molecule has 2 aliphatic rings. The van der Waals surface area contributed by atoms with Gasteiger partial charge in [0.2, 0.25) is 0 Å². The van der Waals surface area contributed by atoms with E-state index < -0.39 is 0 Å². The van der Waals surface area contributed by atoms with E-state index in [4.69, 9.17) is 0 Å². The molecule has 2 atom stereocenters. The molecular weight excluding hydrogens is 262 g/mol. The Labute approximate surface area is 127 Å². The second kappa shape index (κ2) is 6.37. The fourth-order valence-corrected chi connectivity index (χ4v) is 3.41. The number of hydrogen-bond acceptors (Lipinski definition) is 2. The van der Waals surface area contributed by atoms with E-state index in [-0.39, 0.29) is 12.1 Å². The third kappa shape index (κ3) is 3.31. The largest absolute Gasteiger partial charge is 0.369 e. The number of nitrogens with zero attached hydrogens (tertiary/aromatic N) is 2. The van der Waals surface area contributed by atoms with E-state index in [0.717, 1.165) is 38.9 Å². The van der Waals surface area contributed by atoms with Crippen molar-refractivity contribution in [2.75, 3.05) is 24.5 Å². The first-order valence-corrected chi connectivity index (χ1v) is 8.11. The molecule has 2 aliphatic heterocycles. The summed E-state index contributed by atoms with van der Waals surface area (Å²) in [5.74, 6) is 0. The Balaban J connectivity index is 1.53. The normalized spacial score (nSPS) is 26.0. The summed E-state index contributed by atoms with van der Waals surface area (Å²) in [6, 6.07) is 11.2. The average Bonchev–Trinajstić information content (AvgIpc) is 2.97. The lowest BCUT2D eigenvalue weighted by Crippen LogP contribution is -2.50. The van der Waals surface area contributed by atoms with Gasteiger partial charge in [0.25, 0.3) is 0 Å². The SMILES string of the molecule is CC1CCCCN1C(=O)NC1CCN(c2ccccc2)C1. The highest BCUT2D eigenvalue weighted by molar-refractivity contribution is 5.75. The number of para-hydroxylation sites is 1. The Morgan fingerprint density at radius 1 is 1.14 bits per heavy atom. The van der Waals surface area contributed by atoms with Crippen LogP contribution in [0.25, 0.3) is 0 Å². The Morgan fingerprint density at radius 3 is 2.71 bits per heavy atom. The minimum absolute atomic E-state index is 0.127. The van der Waals surface area contributed by atoms with Crippen molar-refractivity contribution in [3.8, 4) is 0 Å². The molecule has 2 heterocycles. The van der Waals surface area contributed by atoms with Gasteiger partial charge in [0.1, 0.15) is 0 Å². The molecule has 3 rings (SSSR count). The van der Waals surface area contributed by atoms with Gasteiger partial charge in [-0.05, 0) is 44.7 Å². The highest BCUT2D eigenvalue weighted by Gasteiger charge is 2.28. The van der Waals surface area contributed by atoms with E-state index in [0.29, 0.717) is 6.04 Å². The van der Waals surface area contributed by atoms with E-state index in [1.54, 1.807) is 0 Å². The average molecular weight is 287 g/mol. The van der Waals surface area contributed by atoms with Crippen molar-refractivity contribution in [2.24, 2.45) is 0 Å². The molecule has 4 nitrogen and oxygen atoms in total. The molecule has 1 N–H and O–H groups in total. The van der Waals surface area contributed by atoms with Gasteiger partial charge in [0.05, 0.1) is 0 Å². The number of piperidine rings is 1. The second-order valence-electron chi connectivity index (χ2n) is 6.25. The number of carbonyl (C=O) groups excluding carboxylic acids is 1. The zero-order chi connectivity index (χ0) is 14.7. The lowest BCUT2D eigenvalue weighted by Gasteiger charge is -2.34. The van der Waals surface area contributed by atoms with Crippen LogP contribution in [0.2, 0.25) is 0 Å². The third-order valence-corrected chi connectivity index (χ3v) is 4.70. The number of benzene rings is 1. The quantitative estimate of drug-likeness (QED) is 0.908. The van der Waals surface area contributed by atoms with Crippen LogP contribution < -0.4 is 10.2 Å². The van der Waals surface area contributed by atoms with Crippen LogP contribution >= 0.6 is 0 Å². The molecule has 21 heavy (non-hydrogen) atoms. The van der Waals surface area contributed by atoms with Crippen LogP contribution in [0.1, 0.15) is 32.6 Å². The minimum Gasteiger partial charge on any atom is -0.369 e. The van der Waals surface area contributed by atoms with Gasteiger partial charge in [-0.2, -0.15) is 0 Å². The smallest absolute Gasteiger partial charge is 0.317 e. The number of hydrogen-bond donors (Lipinski definition) is 1. The topological polar surface area (TPSA) is 35.6 Å². The van der Waals surface area contributed by atoms with Crippen molar-refractivity contribution in [1.29, 1.82) is 0 Å². The van der Waals surface area contributed by atoms with E-state index in [2.05, 4.69) is 41.4 Å². The number of urea groups is 1. The van der Waals surface area contributed by atoms with Crippen molar-refractivity contribution >= 4 is 11.7 Å². The van der Waals surface area contributed by atoms with Gasteiger partial charge in [0, 0.05) is 37.4 Å². The van der Waals surface area contributed by atoms with E-state index in [9.17, 15) is 4.79 Å². The zero-order valence-electron chi connectivity index (χ0n) is 12.8. The highest BCUT2D eigenvalue weighted by Crippen LogP contribution is 2.21. The molecule has 114 valence electrons. The molecule has 0 saturated carbocycles. The highest BCUT2D eigenvalue weighted by atomic mass is 16.2. The van der Waals surface area contributed by atoms with Crippen LogP contribution in [0.5, 0.6) is 0 Å². The minimum atomic E-state index is 0.127. The fraction of sp³-hybridized carbons (Fsp3) is 0.588. The van der Waals surface area contributed by atoms with Gasteiger partial charge < -0.3 is 15.1 Å². The van der Waals surface area contributed by atoms with E-state index in [1.807, 2.05) is 11.0 Å². The molecule has 2 saturated heterocycles.